The highest BCUT2D eigenvalue weighted by atomic mass is 15.3. The summed E-state index contributed by atoms with van der Waals surface area (Å²) in [6.45, 7) is 8.15. The van der Waals surface area contributed by atoms with Crippen LogP contribution in [0.1, 0.15) is 31.9 Å². The van der Waals surface area contributed by atoms with E-state index in [1.807, 2.05) is 11.7 Å². The highest BCUT2D eigenvalue weighted by Crippen LogP contribution is 2.29. The second-order valence-corrected chi connectivity index (χ2v) is 5.92. The van der Waals surface area contributed by atoms with E-state index in [1.165, 1.54) is 44.6 Å². The van der Waals surface area contributed by atoms with Crippen LogP contribution < -0.4 is 4.90 Å². The third-order valence-corrected chi connectivity index (χ3v) is 4.48. The summed E-state index contributed by atoms with van der Waals surface area (Å²) in [5.41, 5.74) is 2.49. The molecule has 0 aromatic carbocycles. The summed E-state index contributed by atoms with van der Waals surface area (Å²) in [5, 5.41) is 4.49. The van der Waals surface area contributed by atoms with Crippen molar-refractivity contribution >= 4 is 5.69 Å². The molecule has 2 aliphatic rings. The number of piperidine rings is 1. The van der Waals surface area contributed by atoms with Crippen molar-refractivity contribution in [3.05, 3.63) is 11.9 Å². The lowest BCUT2D eigenvalue weighted by Gasteiger charge is -2.48. The van der Waals surface area contributed by atoms with Gasteiger partial charge in [-0.1, -0.05) is 6.42 Å². The Hall–Kier alpha value is -1.03. The van der Waals surface area contributed by atoms with Crippen molar-refractivity contribution < 1.29 is 0 Å². The molecule has 1 aromatic rings. The first kappa shape index (κ1) is 12.0. The van der Waals surface area contributed by atoms with Gasteiger partial charge in [-0.25, -0.2) is 0 Å². The summed E-state index contributed by atoms with van der Waals surface area (Å²) in [6, 6.07) is 1.36. The zero-order chi connectivity index (χ0) is 12.7. The Morgan fingerprint density at radius 1 is 1.28 bits per heavy atom. The molecular weight excluding hydrogens is 224 g/mol. The Morgan fingerprint density at radius 2 is 2.11 bits per heavy atom. The van der Waals surface area contributed by atoms with E-state index in [0.717, 1.165) is 11.7 Å². The third-order valence-electron chi connectivity index (χ3n) is 4.48. The number of aryl methyl sites for hydroxylation is 2. The van der Waals surface area contributed by atoms with Crippen LogP contribution in [0, 0.1) is 6.92 Å². The van der Waals surface area contributed by atoms with Gasteiger partial charge in [0.15, 0.2) is 0 Å². The first-order chi connectivity index (χ1) is 8.65. The van der Waals surface area contributed by atoms with Crippen molar-refractivity contribution in [2.75, 3.05) is 24.5 Å². The minimum absolute atomic E-state index is 0.599. The van der Waals surface area contributed by atoms with Crippen molar-refractivity contribution in [2.45, 2.75) is 45.2 Å². The molecule has 4 nitrogen and oxygen atoms in total. The molecule has 3 heterocycles. The van der Waals surface area contributed by atoms with Crippen LogP contribution >= 0.6 is 0 Å². The molecule has 0 bridgehead atoms. The van der Waals surface area contributed by atoms with Gasteiger partial charge in [-0.15, -0.1) is 0 Å². The van der Waals surface area contributed by atoms with E-state index in [2.05, 4.69) is 34.9 Å². The summed E-state index contributed by atoms with van der Waals surface area (Å²) in [6.07, 6.45) is 6.32. The maximum Gasteiger partial charge on any atom is 0.0827 e. The van der Waals surface area contributed by atoms with E-state index in [-0.39, 0.29) is 0 Å². The van der Waals surface area contributed by atoms with Gasteiger partial charge < -0.3 is 4.90 Å². The van der Waals surface area contributed by atoms with Crippen LogP contribution in [0.2, 0.25) is 0 Å². The van der Waals surface area contributed by atoms with E-state index in [1.54, 1.807) is 0 Å². The molecule has 2 fully saturated rings. The smallest absolute Gasteiger partial charge is 0.0827 e. The number of hydrogen-bond acceptors (Lipinski definition) is 3. The quantitative estimate of drug-likeness (QED) is 0.757. The van der Waals surface area contributed by atoms with Crippen LogP contribution in [0.15, 0.2) is 6.20 Å². The molecule has 2 aliphatic heterocycles. The predicted molar refractivity (Wildman–Crippen MR) is 74.0 cm³/mol. The summed E-state index contributed by atoms with van der Waals surface area (Å²) < 4.78 is 1.94. The molecule has 18 heavy (non-hydrogen) atoms. The standard InChI is InChI=1S/C14H24N4/c1-11-8-17-7-5-4-6-13(17)9-18(11)14-10-16(3)15-12(14)2/h10-11,13H,4-9H2,1-3H3. The van der Waals surface area contributed by atoms with Crippen LogP contribution in [0.3, 0.4) is 0 Å². The second-order valence-electron chi connectivity index (χ2n) is 5.92. The largest absolute Gasteiger partial charge is 0.363 e. The highest BCUT2D eigenvalue weighted by molar-refractivity contribution is 5.50. The maximum atomic E-state index is 4.49. The van der Waals surface area contributed by atoms with Crippen LogP contribution in [-0.2, 0) is 7.05 Å². The molecule has 2 atom stereocenters. The third kappa shape index (κ3) is 2.03. The molecule has 100 valence electrons. The Labute approximate surface area is 110 Å². The number of anilines is 1. The molecule has 0 saturated carbocycles. The van der Waals surface area contributed by atoms with Crippen LogP contribution in [0.4, 0.5) is 5.69 Å². The van der Waals surface area contributed by atoms with Crippen LogP contribution in [0.25, 0.3) is 0 Å². The van der Waals surface area contributed by atoms with Crippen molar-refractivity contribution in [1.82, 2.24) is 14.7 Å². The molecule has 0 radical (unpaired) electrons. The van der Waals surface area contributed by atoms with Gasteiger partial charge >= 0.3 is 0 Å². The molecule has 3 rings (SSSR count). The lowest BCUT2D eigenvalue weighted by atomic mass is 9.97. The van der Waals surface area contributed by atoms with Gasteiger partial charge in [-0.05, 0) is 33.2 Å². The number of hydrogen-bond donors (Lipinski definition) is 0. The van der Waals surface area contributed by atoms with Crippen molar-refractivity contribution in [2.24, 2.45) is 7.05 Å². The SMILES string of the molecule is Cc1nn(C)cc1N1CC2CCCCN2CC1C. The topological polar surface area (TPSA) is 24.3 Å². The second kappa shape index (κ2) is 4.57. The Kier molecular flexibility index (Phi) is 3.06. The first-order valence-corrected chi connectivity index (χ1v) is 7.16. The molecule has 4 heteroatoms. The first-order valence-electron chi connectivity index (χ1n) is 7.16. The lowest BCUT2D eigenvalue weighted by Crippen LogP contribution is -2.58. The van der Waals surface area contributed by atoms with Gasteiger partial charge in [0.1, 0.15) is 0 Å². The molecule has 1 aromatic heterocycles. The fraction of sp³-hybridized carbons (Fsp3) is 0.786. The Balaban J connectivity index is 1.82. The Bertz CT molecular complexity index is 425. The zero-order valence-electron chi connectivity index (χ0n) is 11.8. The minimum atomic E-state index is 0.599. The van der Waals surface area contributed by atoms with Gasteiger partial charge in [0.05, 0.1) is 11.4 Å². The van der Waals surface area contributed by atoms with Crippen molar-refractivity contribution in [1.29, 1.82) is 0 Å². The van der Waals surface area contributed by atoms with Gasteiger partial charge in [-0.3, -0.25) is 9.58 Å². The lowest BCUT2D eigenvalue weighted by molar-refractivity contribution is 0.115. The monoisotopic (exact) mass is 248 g/mol. The number of nitrogens with zero attached hydrogens (tertiary/aromatic N) is 4. The fourth-order valence-electron chi connectivity index (χ4n) is 3.56. The van der Waals surface area contributed by atoms with Gasteiger partial charge in [-0.2, -0.15) is 5.10 Å². The number of aromatic nitrogens is 2. The molecule has 2 unspecified atom stereocenters. The summed E-state index contributed by atoms with van der Waals surface area (Å²) in [5.74, 6) is 0. The van der Waals surface area contributed by atoms with Crippen LogP contribution in [-0.4, -0.2) is 46.4 Å². The maximum absolute atomic E-state index is 4.49. The number of rotatable bonds is 1. The van der Waals surface area contributed by atoms with E-state index >= 15 is 0 Å². The van der Waals surface area contributed by atoms with Crippen molar-refractivity contribution in [3.63, 3.8) is 0 Å². The fourth-order valence-corrected chi connectivity index (χ4v) is 3.56. The van der Waals surface area contributed by atoms with Gasteiger partial charge in [0, 0.05) is 38.4 Å². The molecule has 2 saturated heterocycles. The predicted octanol–water partition coefficient (Wildman–Crippen LogP) is 1.79. The average molecular weight is 248 g/mol. The van der Waals surface area contributed by atoms with Gasteiger partial charge in [0.2, 0.25) is 0 Å². The summed E-state index contributed by atoms with van der Waals surface area (Å²) in [7, 11) is 2.01. The van der Waals surface area contributed by atoms with E-state index in [0.29, 0.717) is 6.04 Å². The minimum Gasteiger partial charge on any atom is -0.363 e. The molecule has 0 amide bonds. The highest BCUT2D eigenvalue weighted by Gasteiger charge is 2.33. The van der Waals surface area contributed by atoms with Crippen molar-refractivity contribution in [3.8, 4) is 0 Å². The molecular formula is C14H24N4. The molecule has 0 N–H and O–H groups in total. The summed E-state index contributed by atoms with van der Waals surface area (Å²) in [4.78, 5) is 5.26. The molecule has 0 spiro atoms. The normalized spacial score (nSPS) is 29.4. The Morgan fingerprint density at radius 3 is 2.83 bits per heavy atom. The van der Waals surface area contributed by atoms with E-state index in [4.69, 9.17) is 0 Å². The summed E-state index contributed by atoms with van der Waals surface area (Å²) >= 11 is 0. The van der Waals surface area contributed by atoms with E-state index in [9.17, 15) is 0 Å². The average Bonchev–Trinajstić information content (AvgIpc) is 2.67. The van der Waals surface area contributed by atoms with Crippen LogP contribution in [0.5, 0.6) is 0 Å². The van der Waals surface area contributed by atoms with E-state index < -0.39 is 0 Å². The number of piperazine rings is 1. The zero-order valence-corrected chi connectivity index (χ0v) is 11.8. The van der Waals surface area contributed by atoms with Gasteiger partial charge in [0.25, 0.3) is 0 Å². The molecule has 0 aliphatic carbocycles. The number of fused-ring (bicyclic) bond motifs is 1.